The lowest BCUT2D eigenvalue weighted by Crippen LogP contribution is -2.52. The molecule has 26 heavy (non-hydrogen) atoms. The van der Waals surface area contributed by atoms with E-state index in [-0.39, 0.29) is 30.4 Å². The van der Waals surface area contributed by atoms with Crippen molar-refractivity contribution in [3.05, 3.63) is 34.5 Å². The number of aromatic nitrogens is 2. The Labute approximate surface area is 156 Å². The molecule has 0 N–H and O–H groups in total. The predicted molar refractivity (Wildman–Crippen MR) is 96.7 cm³/mol. The zero-order valence-corrected chi connectivity index (χ0v) is 16.4. The Morgan fingerprint density at radius 3 is 2.31 bits per heavy atom. The van der Waals surface area contributed by atoms with Crippen LogP contribution in [-0.4, -0.2) is 65.3 Å². The molecule has 2 aromatic heterocycles. The number of Topliss-reactive ketones (excluding diaryl/α,β-unsaturated/α-hetero) is 1. The Morgan fingerprint density at radius 1 is 1.15 bits per heavy atom. The van der Waals surface area contributed by atoms with Crippen LogP contribution in [0.1, 0.15) is 21.7 Å². The second kappa shape index (κ2) is 6.93. The molecule has 1 aliphatic rings. The molecule has 0 spiro atoms. The van der Waals surface area contributed by atoms with Crippen molar-refractivity contribution in [2.75, 3.05) is 26.2 Å². The normalized spacial score (nSPS) is 16.0. The van der Waals surface area contributed by atoms with Crippen LogP contribution in [-0.2, 0) is 21.9 Å². The number of ketones is 1. The van der Waals surface area contributed by atoms with E-state index >= 15 is 0 Å². The van der Waals surface area contributed by atoms with Crippen molar-refractivity contribution >= 4 is 33.1 Å². The SMILES string of the molecule is Cc1nn(C)c(C)c1C(=O)C(=O)N1CCN(S(=O)(=O)c2cccs2)CC1. The average molecular weight is 396 g/mol. The molecular formula is C16H20N4O4S2. The maximum Gasteiger partial charge on any atom is 0.295 e. The zero-order valence-electron chi connectivity index (χ0n) is 14.8. The maximum atomic E-state index is 12.6. The van der Waals surface area contributed by atoms with Gasteiger partial charge in [0.15, 0.2) is 0 Å². The predicted octanol–water partition coefficient (Wildman–Crippen LogP) is 0.814. The molecule has 0 saturated carbocycles. The highest BCUT2D eigenvalue weighted by atomic mass is 32.2. The van der Waals surface area contributed by atoms with Gasteiger partial charge in [0.05, 0.1) is 11.3 Å². The van der Waals surface area contributed by atoms with Gasteiger partial charge in [-0.05, 0) is 25.3 Å². The topological polar surface area (TPSA) is 92.6 Å². The molecule has 3 heterocycles. The van der Waals surface area contributed by atoms with Crippen molar-refractivity contribution in [1.82, 2.24) is 19.0 Å². The van der Waals surface area contributed by atoms with Crippen LogP contribution < -0.4 is 0 Å². The van der Waals surface area contributed by atoms with Crippen LogP contribution in [0.5, 0.6) is 0 Å². The molecule has 8 nitrogen and oxygen atoms in total. The maximum absolute atomic E-state index is 12.6. The van der Waals surface area contributed by atoms with Gasteiger partial charge in [-0.2, -0.15) is 9.40 Å². The number of nitrogens with zero attached hydrogens (tertiary/aromatic N) is 4. The van der Waals surface area contributed by atoms with E-state index in [1.54, 1.807) is 43.1 Å². The van der Waals surface area contributed by atoms with Gasteiger partial charge >= 0.3 is 0 Å². The summed E-state index contributed by atoms with van der Waals surface area (Å²) in [5, 5.41) is 5.88. The fourth-order valence-corrected chi connectivity index (χ4v) is 5.59. The first-order valence-electron chi connectivity index (χ1n) is 8.11. The molecule has 10 heteroatoms. The molecule has 0 aliphatic carbocycles. The standard InChI is InChI=1S/C16H20N4O4S2/c1-11-14(12(2)18(3)17-11)15(21)16(22)19-6-8-20(9-7-19)26(23,24)13-5-4-10-25-13/h4-5,10H,6-9H2,1-3H3. The molecule has 0 radical (unpaired) electrons. The summed E-state index contributed by atoms with van der Waals surface area (Å²) in [5.41, 5.74) is 1.48. The van der Waals surface area contributed by atoms with E-state index in [9.17, 15) is 18.0 Å². The summed E-state index contributed by atoms with van der Waals surface area (Å²) in [4.78, 5) is 26.6. The third kappa shape index (κ3) is 3.19. The van der Waals surface area contributed by atoms with Crippen LogP contribution >= 0.6 is 11.3 Å². The van der Waals surface area contributed by atoms with Crippen molar-refractivity contribution < 1.29 is 18.0 Å². The Balaban J connectivity index is 1.70. The number of aryl methyl sites for hydroxylation is 2. The molecule has 0 aromatic carbocycles. The van der Waals surface area contributed by atoms with Gasteiger partial charge in [0.1, 0.15) is 4.21 Å². The quantitative estimate of drug-likeness (QED) is 0.563. The van der Waals surface area contributed by atoms with Crippen molar-refractivity contribution in [3.8, 4) is 0 Å². The van der Waals surface area contributed by atoms with Crippen molar-refractivity contribution in [2.24, 2.45) is 7.05 Å². The minimum absolute atomic E-state index is 0.171. The van der Waals surface area contributed by atoms with Gasteiger partial charge in [-0.15, -0.1) is 11.3 Å². The summed E-state index contributed by atoms with van der Waals surface area (Å²) in [6.45, 7) is 4.15. The van der Waals surface area contributed by atoms with Crippen LogP contribution in [0.2, 0.25) is 0 Å². The minimum atomic E-state index is -3.53. The molecule has 1 fully saturated rings. The first-order valence-corrected chi connectivity index (χ1v) is 10.4. The molecule has 1 amide bonds. The first-order chi connectivity index (χ1) is 12.2. The monoisotopic (exact) mass is 396 g/mol. The molecule has 140 valence electrons. The third-order valence-electron chi connectivity index (χ3n) is 4.55. The molecule has 0 unspecified atom stereocenters. The van der Waals surface area contributed by atoms with Crippen molar-refractivity contribution in [1.29, 1.82) is 0 Å². The lowest BCUT2D eigenvalue weighted by atomic mass is 10.1. The molecule has 1 aliphatic heterocycles. The molecule has 0 atom stereocenters. The number of hydrogen-bond donors (Lipinski definition) is 0. The fraction of sp³-hybridized carbons (Fsp3) is 0.438. The summed E-state index contributed by atoms with van der Waals surface area (Å²) >= 11 is 1.16. The number of rotatable bonds is 4. The summed E-state index contributed by atoms with van der Waals surface area (Å²) < 4.78 is 28.3. The van der Waals surface area contributed by atoms with E-state index in [4.69, 9.17) is 0 Å². The largest absolute Gasteiger partial charge is 0.333 e. The van der Waals surface area contributed by atoms with Crippen LogP contribution in [0.4, 0.5) is 0 Å². The first kappa shape index (κ1) is 18.7. The van der Waals surface area contributed by atoms with Gasteiger partial charge in [-0.25, -0.2) is 8.42 Å². The highest BCUT2D eigenvalue weighted by Crippen LogP contribution is 2.22. The number of carbonyl (C=O) groups excluding carboxylic acids is 2. The zero-order chi connectivity index (χ0) is 19.1. The van der Waals surface area contributed by atoms with Crippen LogP contribution in [0.3, 0.4) is 0 Å². The van der Waals surface area contributed by atoms with Gasteiger partial charge in [0.25, 0.3) is 21.7 Å². The van der Waals surface area contributed by atoms with E-state index in [0.717, 1.165) is 11.3 Å². The second-order valence-corrected chi connectivity index (χ2v) is 9.24. The summed E-state index contributed by atoms with van der Waals surface area (Å²) in [5.74, 6) is -1.21. The van der Waals surface area contributed by atoms with E-state index in [2.05, 4.69) is 5.10 Å². The number of carbonyl (C=O) groups is 2. The van der Waals surface area contributed by atoms with E-state index in [1.807, 2.05) is 0 Å². The fourth-order valence-electron chi connectivity index (χ4n) is 3.02. The summed E-state index contributed by atoms with van der Waals surface area (Å²) in [6.07, 6.45) is 0. The van der Waals surface area contributed by atoms with Crippen LogP contribution in [0.25, 0.3) is 0 Å². The lowest BCUT2D eigenvalue weighted by molar-refractivity contribution is -0.127. The van der Waals surface area contributed by atoms with Crippen molar-refractivity contribution in [3.63, 3.8) is 0 Å². The number of amides is 1. The van der Waals surface area contributed by atoms with Gasteiger partial charge in [-0.3, -0.25) is 14.3 Å². The summed E-state index contributed by atoms with van der Waals surface area (Å²) in [6, 6.07) is 3.25. The molecule has 3 rings (SSSR count). The Hall–Kier alpha value is -2.04. The smallest absolute Gasteiger partial charge is 0.295 e. The third-order valence-corrected chi connectivity index (χ3v) is 7.82. The van der Waals surface area contributed by atoms with Gasteiger partial charge in [-0.1, -0.05) is 6.07 Å². The van der Waals surface area contributed by atoms with Gasteiger partial charge in [0.2, 0.25) is 0 Å². The van der Waals surface area contributed by atoms with Gasteiger partial charge in [0, 0.05) is 38.9 Å². The van der Waals surface area contributed by atoms with Crippen LogP contribution in [0.15, 0.2) is 21.7 Å². The molecule has 1 saturated heterocycles. The van der Waals surface area contributed by atoms with E-state index in [0.29, 0.717) is 17.0 Å². The molecule has 0 bridgehead atoms. The summed E-state index contributed by atoms with van der Waals surface area (Å²) in [7, 11) is -1.81. The lowest BCUT2D eigenvalue weighted by Gasteiger charge is -2.33. The minimum Gasteiger partial charge on any atom is -0.333 e. The van der Waals surface area contributed by atoms with E-state index in [1.165, 1.54) is 9.21 Å². The Kier molecular flexibility index (Phi) is 5.00. The number of sulfonamides is 1. The number of piperazine rings is 1. The Morgan fingerprint density at radius 2 is 1.81 bits per heavy atom. The van der Waals surface area contributed by atoms with Crippen LogP contribution in [0, 0.1) is 13.8 Å². The molecule has 2 aromatic rings. The van der Waals surface area contributed by atoms with Crippen molar-refractivity contribution in [2.45, 2.75) is 18.1 Å². The average Bonchev–Trinajstić information content (AvgIpc) is 3.23. The second-order valence-electron chi connectivity index (χ2n) is 6.13. The number of thiophene rings is 1. The number of hydrogen-bond acceptors (Lipinski definition) is 6. The highest BCUT2D eigenvalue weighted by molar-refractivity contribution is 7.91. The van der Waals surface area contributed by atoms with Gasteiger partial charge < -0.3 is 4.90 Å². The van der Waals surface area contributed by atoms with E-state index < -0.39 is 21.7 Å². The molecular weight excluding hydrogens is 376 g/mol. The Bertz CT molecular complexity index is 939. The highest BCUT2D eigenvalue weighted by Gasteiger charge is 2.34.